The molecule has 3 rings (SSSR count). The first-order chi connectivity index (χ1) is 27.3. The predicted molar refractivity (Wildman–Crippen MR) is 220 cm³/mol. The van der Waals surface area contributed by atoms with Crippen LogP contribution in [0.25, 0.3) is 0 Å². The molecule has 1 aromatic carbocycles. The number of primary amides is 1. The van der Waals surface area contributed by atoms with Crippen LogP contribution in [0, 0.1) is 17.3 Å². The first kappa shape index (κ1) is 48.4. The van der Waals surface area contributed by atoms with Gasteiger partial charge in [-0.3, -0.25) is 28.8 Å². The van der Waals surface area contributed by atoms with Crippen LogP contribution in [0.2, 0.25) is 10.0 Å². The van der Waals surface area contributed by atoms with Gasteiger partial charge >= 0.3 is 6.09 Å². The van der Waals surface area contributed by atoms with Crippen molar-refractivity contribution in [2.45, 2.75) is 143 Å². The molecule has 6 amide bonds. The maximum atomic E-state index is 14.5. The lowest BCUT2D eigenvalue weighted by Gasteiger charge is -2.34. The Morgan fingerprint density at radius 3 is 2.22 bits per heavy atom. The monoisotopic (exact) mass is 852 g/mol. The minimum absolute atomic E-state index is 0.00816. The van der Waals surface area contributed by atoms with E-state index >= 15 is 0 Å². The SMILES string of the molecule is CCCC(NC(=O)[C@@H]1C[C@@H](OCc2ccc(Cl)c(Cl)c2)CN1C(=O)C(NC(=O)OCC(C)C)C1CCCCC1)C(=O)C(=O)NCC(=O)NC(CCC(C)(C)C)C(N)=O. The summed E-state index contributed by atoms with van der Waals surface area (Å²) in [6.45, 7) is 11.2. The number of likely N-dealkylation sites (tertiary alicyclic amines) is 1. The number of halogens is 2. The number of nitrogens with zero attached hydrogens (tertiary/aromatic N) is 1. The number of hydrogen-bond donors (Lipinski definition) is 5. The second-order valence-corrected chi connectivity index (χ2v) is 17.8. The molecule has 0 bridgehead atoms. The van der Waals surface area contributed by atoms with Crippen molar-refractivity contribution >= 4 is 64.6 Å². The van der Waals surface area contributed by atoms with Crippen molar-refractivity contribution in [1.82, 2.24) is 26.2 Å². The van der Waals surface area contributed by atoms with Gasteiger partial charge in [-0.05, 0) is 67.1 Å². The maximum absolute atomic E-state index is 14.5. The van der Waals surface area contributed by atoms with Gasteiger partial charge in [0.2, 0.25) is 29.4 Å². The van der Waals surface area contributed by atoms with E-state index in [9.17, 15) is 33.6 Å². The molecule has 324 valence electrons. The zero-order chi connectivity index (χ0) is 43.2. The molecule has 1 aliphatic heterocycles. The summed E-state index contributed by atoms with van der Waals surface area (Å²) in [7, 11) is 0. The van der Waals surface area contributed by atoms with E-state index in [2.05, 4.69) is 21.3 Å². The number of ketones is 1. The highest BCUT2D eigenvalue weighted by molar-refractivity contribution is 6.42. The maximum Gasteiger partial charge on any atom is 0.407 e. The molecule has 15 nitrogen and oxygen atoms in total. The topological polar surface area (TPSA) is 215 Å². The molecule has 6 N–H and O–H groups in total. The molecule has 0 radical (unpaired) electrons. The Labute approximate surface area is 351 Å². The highest BCUT2D eigenvalue weighted by atomic mass is 35.5. The van der Waals surface area contributed by atoms with Crippen molar-refractivity contribution in [3.63, 3.8) is 0 Å². The molecule has 58 heavy (non-hydrogen) atoms. The van der Waals surface area contributed by atoms with Crippen molar-refractivity contribution < 1.29 is 43.0 Å². The molecular weight excluding hydrogens is 791 g/mol. The molecule has 1 aliphatic carbocycles. The van der Waals surface area contributed by atoms with Crippen LogP contribution in [0.5, 0.6) is 0 Å². The number of rotatable bonds is 20. The predicted octanol–water partition coefficient (Wildman–Crippen LogP) is 4.58. The smallest absolute Gasteiger partial charge is 0.407 e. The molecule has 1 saturated carbocycles. The lowest BCUT2D eigenvalue weighted by Crippen LogP contribution is -2.58. The van der Waals surface area contributed by atoms with E-state index in [0.717, 1.165) is 24.8 Å². The second kappa shape index (κ2) is 23.0. The summed E-state index contributed by atoms with van der Waals surface area (Å²) in [6, 6.07) is 0.720. The standard InChI is InChI=1S/C41H62Cl2N6O9/c1-7-11-30(35(51)38(54)45-20-33(50)46-31(36(44)52)16-17-41(4,5)6)47-37(53)32-19-27(57-23-25-14-15-28(42)29(43)18-25)21-49(32)39(55)34(26-12-9-8-10-13-26)48-40(56)58-22-24(2)3/h14-15,18,24,26-27,30-32,34H,7-13,16-17,19-23H2,1-6H3,(H2,44,52)(H,45,54)(H,46,50)(H,47,53)(H,48,56)/t27-,30?,31?,32+,34?/m1/s1. The molecule has 1 aromatic rings. The number of nitrogens with one attached hydrogen (secondary N) is 4. The van der Waals surface area contributed by atoms with Crippen molar-refractivity contribution in [1.29, 1.82) is 0 Å². The zero-order valence-electron chi connectivity index (χ0n) is 34.6. The molecule has 5 atom stereocenters. The Kier molecular flexibility index (Phi) is 19.2. The Bertz CT molecular complexity index is 1610. The fourth-order valence-electron chi connectivity index (χ4n) is 7.03. The minimum Gasteiger partial charge on any atom is -0.449 e. The Morgan fingerprint density at radius 1 is 0.931 bits per heavy atom. The number of carbonyl (C=O) groups is 7. The van der Waals surface area contributed by atoms with E-state index in [1.54, 1.807) is 25.1 Å². The number of amides is 6. The number of Topliss-reactive ketones (excluding diaryl/α,β-unsaturated/α-hetero) is 1. The van der Waals surface area contributed by atoms with Gasteiger partial charge in [-0.2, -0.15) is 0 Å². The molecule has 1 saturated heterocycles. The number of ether oxygens (including phenoxy) is 2. The molecular formula is C41H62Cl2N6O9. The third-order valence-electron chi connectivity index (χ3n) is 10.2. The van der Waals surface area contributed by atoms with Crippen LogP contribution in [0.15, 0.2) is 18.2 Å². The van der Waals surface area contributed by atoms with Gasteiger partial charge in [-0.15, -0.1) is 0 Å². The van der Waals surface area contributed by atoms with E-state index in [1.165, 1.54) is 4.90 Å². The highest BCUT2D eigenvalue weighted by Crippen LogP contribution is 2.31. The minimum atomic E-state index is -1.28. The summed E-state index contributed by atoms with van der Waals surface area (Å²) < 4.78 is 11.6. The van der Waals surface area contributed by atoms with Crippen molar-refractivity contribution in [3.8, 4) is 0 Å². The van der Waals surface area contributed by atoms with Crippen LogP contribution in [0.4, 0.5) is 4.79 Å². The molecule has 0 aromatic heterocycles. The third kappa shape index (κ3) is 15.7. The number of alkyl carbamates (subject to hydrolysis) is 1. The van der Waals surface area contributed by atoms with Crippen LogP contribution in [0.3, 0.4) is 0 Å². The fraction of sp³-hybridized carbons (Fsp3) is 0.683. The first-order valence-corrected chi connectivity index (χ1v) is 21.1. The largest absolute Gasteiger partial charge is 0.449 e. The third-order valence-corrected chi connectivity index (χ3v) is 11.0. The Hall–Kier alpha value is -3.95. The van der Waals surface area contributed by atoms with Crippen LogP contribution >= 0.6 is 23.2 Å². The van der Waals surface area contributed by atoms with E-state index in [-0.39, 0.29) is 49.9 Å². The summed E-state index contributed by atoms with van der Waals surface area (Å²) in [5.41, 5.74) is 6.08. The molecule has 0 spiro atoms. The number of carbonyl (C=O) groups excluding carboxylic acids is 7. The second-order valence-electron chi connectivity index (χ2n) is 17.0. The number of benzene rings is 1. The van der Waals surface area contributed by atoms with Gasteiger partial charge in [0.05, 0.1) is 41.9 Å². The lowest BCUT2D eigenvalue weighted by atomic mass is 9.83. The summed E-state index contributed by atoms with van der Waals surface area (Å²) in [5.74, 6) is -4.81. The van der Waals surface area contributed by atoms with E-state index in [0.29, 0.717) is 42.1 Å². The van der Waals surface area contributed by atoms with Gasteiger partial charge in [0, 0.05) is 13.0 Å². The number of nitrogens with two attached hydrogens (primary N) is 1. The van der Waals surface area contributed by atoms with Gasteiger partial charge in [0.15, 0.2) is 0 Å². The Morgan fingerprint density at radius 2 is 1.62 bits per heavy atom. The van der Waals surface area contributed by atoms with Crippen LogP contribution < -0.4 is 27.0 Å². The van der Waals surface area contributed by atoms with Gasteiger partial charge in [-0.25, -0.2) is 4.79 Å². The summed E-state index contributed by atoms with van der Waals surface area (Å²) in [4.78, 5) is 94.2. The summed E-state index contributed by atoms with van der Waals surface area (Å²) >= 11 is 12.3. The molecule has 3 unspecified atom stereocenters. The van der Waals surface area contributed by atoms with Crippen LogP contribution in [0.1, 0.15) is 111 Å². The van der Waals surface area contributed by atoms with E-state index in [1.807, 2.05) is 34.6 Å². The van der Waals surface area contributed by atoms with Crippen LogP contribution in [-0.4, -0.2) is 96.3 Å². The van der Waals surface area contributed by atoms with Crippen molar-refractivity contribution in [2.75, 3.05) is 19.7 Å². The average Bonchev–Trinajstić information content (AvgIpc) is 3.61. The Balaban J connectivity index is 1.79. The van der Waals surface area contributed by atoms with Crippen molar-refractivity contribution in [2.24, 2.45) is 23.0 Å². The van der Waals surface area contributed by atoms with Gasteiger partial charge in [-0.1, -0.05) is 96.5 Å². The molecule has 1 heterocycles. The quantitative estimate of drug-likeness (QED) is 0.116. The normalized spacial score (nSPS) is 18.8. The lowest BCUT2D eigenvalue weighted by molar-refractivity contribution is -0.143. The summed E-state index contributed by atoms with van der Waals surface area (Å²) in [5, 5.41) is 11.0. The number of hydrogen-bond acceptors (Lipinski definition) is 9. The van der Waals surface area contributed by atoms with E-state index < -0.39 is 78.2 Å². The molecule has 2 aliphatic rings. The first-order valence-electron chi connectivity index (χ1n) is 20.3. The molecule has 2 fully saturated rings. The molecule has 17 heteroatoms. The average molecular weight is 854 g/mol. The van der Waals surface area contributed by atoms with Gasteiger partial charge < -0.3 is 41.4 Å². The highest BCUT2D eigenvalue weighted by Gasteiger charge is 2.45. The fourth-order valence-corrected chi connectivity index (χ4v) is 7.35. The van der Waals surface area contributed by atoms with Gasteiger partial charge in [0.1, 0.15) is 18.1 Å². The van der Waals surface area contributed by atoms with Crippen LogP contribution in [-0.2, 0) is 44.8 Å². The van der Waals surface area contributed by atoms with Gasteiger partial charge in [0.25, 0.3) is 5.91 Å². The van der Waals surface area contributed by atoms with E-state index in [4.69, 9.17) is 38.4 Å². The zero-order valence-corrected chi connectivity index (χ0v) is 36.1. The summed E-state index contributed by atoms with van der Waals surface area (Å²) in [6.07, 6.45) is 4.26. The van der Waals surface area contributed by atoms with Crippen molar-refractivity contribution in [3.05, 3.63) is 33.8 Å².